The van der Waals surface area contributed by atoms with Gasteiger partial charge in [0.1, 0.15) is 17.8 Å². The molecule has 0 aromatic carbocycles. The molecule has 1 saturated heterocycles. The van der Waals surface area contributed by atoms with Crippen molar-refractivity contribution >= 4 is 53.2 Å². The monoisotopic (exact) mass is 480 g/mol. The Bertz CT molecular complexity index is 373. The van der Waals surface area contributed by atoms with E-state index in [1.165, 1.54) is 0 Å². The van der Waals surface area contributed by atoms with E-state index < -0.39 is 0 Å². The molecular formula is C21H36O6S3. The number of carbonyl (C=O) groups is 3. The summed E-state index contributed by atoms with van der Waals surface area (Å²) in [6.07, 6.45) is 9.82. The lowest BCUT2D eigenvalue weighted by Gasteiger charge is -2.06. The summed E-state index contributed by atoms with van der Waals surface area (Å²) in [5, 5.41) is 0. The second kappa shape index (κ2) is 20.4. The van der Waals surface area contributed by atoms with E-state index in [9.17, 15) is 14.4 Å². The summed E-state index contributed by atoms with van der Waals surface area (Å²) >= 11 is 4.84. The van der Waals surface area contributed by atoms with Gasteiger partial charge in [-0.25, -0.2) is 0 Å². The normalized spacial score (nSPS) is 22.2. The maximum absolute atomic E-state index is 11.7. The summed E-state index contributed by atoms with van der Waals surface area (Å²) < 4.78 is 15.7. The molecule has 1 rings (SSSR count). The van der Waals surface area contributed by atoms with Gasteiger partial charge in [0.25, 0.3) is 0 Å². The quantitative estimate of drug-likeness (QED) is 0.335. The minimum Gasteiger partial charge on any atom is -0.455 e. The summed E-state index contributed by atoms with van der Waals surface area (Å²) in [4.78, 5) is 35.1. The van der Waals surface area contributed by atoms with Crippen LogP contribution in [0.5, 0.6) is 0 Å². The lowest BCUT2D eigenvalue weighted by Crippen LogP contribution is -2.05. The van der Waals surface area contributed by atoms with Crippen molar-refractivity contribution in [2.45, 2.75) is 77.0 Å². The van der Waals surface area contributed by atoms with Gasteiger partial charge in [0.15, 0.2) is 0 Å². The van der Waals surface area contributed by atoms with E-state index in [1.54, 1.807) is 35.3 Å². The van der Waals surface area contributed by atoms with Crippen molar-refractivity contribution in [2.75, 3.05) is 35.1 Å². The van der Waals surface area contributed by atoms with Gasteiger partial charge in [0.2, 0.25) is 0 Å². The van der Waals surface area contributed by atoms with Crippen molar-refractivity contribution in [2.24, 2.45) is 0 Å². The second-order valence-corrected chi connectivity index (χ2v) is 10.2. The van der Waals surface area contributed by atoms with E-state index in [4.69, 9.17) is 14.2 Å². The van der Waals surface area contributed by atoms with Crippen LogP contribution in [-0.4, -0.2) is 53.0 Å². The number of cyclic esters (lactones) is 3. The molecule has 9 heteroatoms. The molecule has 30 heavy (non-hydrogen) atoms. The highest BCUT2D eigenvalue weighted by atomic mass is 32.2. The van der Waals surface area contributed by atoms with Gasteiger partial charge in [0.05, 0.1) is 0 Å². The second-order valence-electron chi connectivity index (χ2n) is 7.06. The lowest BCUT2D eigenvalue weighted by molar-refractivity contribution is -0.142. The van der Waals surface area contributed by atoms with Crippen LogP contribution < -0.4 is 0 Å². The molecule has 0 spiro atoms. The highest BCUT2D eigenvalue weighted by molar-refractivity contribution is 7.99. The van der Waals surface area contributed by atoms with Gasteiger partial charge in [0, 0.05) is 19.3 Å². The van der Waals surface area contributed by atoms with Gasteiger partial charge in [-0.15, -0.1) is 35.3 Å². The molecule has 0 amide bonds. The van der Waals surface area contributed by atoms with Crippen molar-refractivity contribution in [3.05, 3.63) is 0 Å². The van der Waals surface area contributed by atoms with Gasteiger partial charge in [-0.3, -0.25) is 14.4 Å². The van der Waals surface area contributed by atoms with Crippen LogP contribution in [0.15, 0.2) is 0 Å². The van der Waals surface area contributed by atoms with Crippen LogP contribution in [0.1, 0.15) is 77.0 Å². The van der Waals surface area contributed by atoms with Crippen molar-refractivity contribution in [1.82, 2.24) is 0 Å². The van der Waals surface area contributed by atoms with Gasteiger partial charge >= 0.3 is 17.9 Å². The van der Waals surface area contributed by atoms with Crippen molar-refractivity contribution < 1.29 is 28.6 Å². The Morgan fingerprint density at radius 3 is 1.03 bits per heavy atom. The first-order valence-electron chi connectivity index (χ1n) is 10.9. The standard InChI is InChI=1S/C21H36O6S3/c22-19-10-4-1-7-13-28-16-26-20(23)11-5-2-9-15-30-18-27-21(24)12-6-3-8-14-29-17-25-19/h1-18H2. The Balaban J connectivity index is 2.20. The molecule has 174 valence electrons. The summed E-state index contributed by atoms with van der Waals surface area (Å²) in [6, 6.07) is 0. The molecule has 0 aromatic heterocycles. The van der Waals surface area contributed by atoms with Crippen LogP contribution in [0.3, 0.4) is 0 Å². The smallest absolute Gasteiger partial charge is 0.306 e. The van der Waals surface area contributed by atoms with Crippen molar-refractivity contribution in [1.29, 1.82) is 0 Å². The first-order chi connectivity index (χ1) is 14.7. The highest BCUT2D eigenvalue weighted by Crippen LogP contribution is 2.13. The highest BCUT2D eigenvalue weighted by Gasteiger charge is 2.06. The zero-order valence-corrected chi connectivity index (χ0v) is 20.4. The fraction of sp³-hybridized carbons (Fsp3) is 0.857. The predicted molar refractivity (Wildman–Crippen MR) is 126 cm³/mol. The first-order valence-corrected chi connectivity index (χ1v) is 14.3. The van der Waals surface area contributed by atoms with Gasteiger partial charge in [-0.05, 0) is 55.8 Å². The van der Waals surface area contributed by atoms with Gasteiger partial charge in [-0.1, -0.05) is 19.3 Å². The van der Waals surface area contributed by atoms with E-state index in [-0.39, 0.29) is 17.9 Å². The van der Waals surface area contributed by atoms with Crippen LogP contribution >= 0.6 is 35.3 Å². The number of hydrogen-bond donors (Lipinski definition) is 0. The lowest BCUT2D eigenvalue weighted by atomic mass is 10.2. The van der Waals surface area contributed by atoms with E-state index in [1.807, 2.05) is 0 Å². The van der Waals surface area contributed by atoms with Crippen LogP contribution in [0.4, 0.5) is 0 Å². The number of ether oxygens (including phenoxy) is 3. The number of hydrogen-bond acceptors (Lipinski definition) is 9. The van der Waals surface area contributed by atoms with E-state index in [0.29, 0.717) is 37.1 Å². The Morgan fingerprint density at radius 1 is 0.433 bits per heavy atom. The third-order valence-electron chi connectivity index (χ3n) is 4.42. The Morgan fingerprint density at radius 2 is 0.733 bits per heavy atom. The van der Waals surface area contributed by atoms with Crippen LogP contribution in [0.2, 0.25) is 0 Å². The molecule has 0 saturated carbocycles. The Labute approximate surface area is 193 Å². The fourth-order valence-corrected chi connectivity index (χ4v) is 4.89. The molecule has 6 nitrogen and oxygen atoms in total. The molecule has 0 atom stereocenters. The maximum Gasteiger partial charge on any atom is 0.306 e. The Kier molecular flexibility index (Phi) is 18.7. The van der Waals surface area contributed by atoms with Crippen molar-refractivity contribution in [3.8, 4) is 0 Å². The number of thioether (sulfide) groups is 3. The molecule has 1 heterocycles. The number of esters is 3. The molecule has 0 aromatic rings. The number of rotatable bonds is 0. The molecule has 0 radical (unpaired) electrons. The van der Waals surface area contributed by atoms with E-state index >= 15 is 0 Å². The summed E-state index contributed by atoms with van der Waals surface area (Å²) in [5.74, 6) is 3.59. The molecule has 0 bridgehead atoms. The maximum atomic E-state index is 11.7. The molecule has 1 fully saturated rings. The summed E-state index contributed by atoms with van der Waals surface area (Å²) in [6.45, 7) is 0. The molecule has 0 N–H and O–H groups in total. The molecule has 0 unspecified atom stereocenters. The molecule has 1 aliphatic heterocycles. The summed E-state index contributed by atoms with van der Waals surface area (Å²) in [7, 11) is 0. The fourth-order valence-electron chi connectivity index (χ4n) is 2.67. The zero-order chi connectivity index (χ0) is 21.7. The number of carbonyl (C=O) groups excluding carboxylic acids is 3. The average Bonchev–Trinajstić information content (AvgIpc) is 2.73. The molecule has 0 aliphatic carbocycles. The minimum absolute atomic E-state index is 0.137. The first kappa shape index (κ1) is 27.5. The topological polar surface area (TPSA) is 78.9 Å². The molecular weight excluding hydrogens is 444 g/mol. The largest absolute Gasteiger partial charge is 0.455 e. The third-order valence-corrected chi connectivity index (χ3v) is 7.00. The van der Waals surface area contributed by atoms with Gasteiger partial charge < -0.3 is 14.2 Å². The van der Waals surface area contributed by atoms with Gasteiger partial charge in [-0.2, -0.15) is 0 Å². The zero-order valence-electron chi connectivity index (χ0n) is 17.9. The predicted octanol–water partition coefficient (Wildman–Crippen LogP) is 5.38. The van der Waals surface area contributed by atoms with E-state index in [2.05, 4.69) is 0 Å². The molecule has 1 aliphatic rings. The van der Waals surface area contributed by atoms with Crippen LogP contribution in [0, 0.1) is 0 Å². The minimum atomic E-state index is -0.137. The SMILES string of the molecule is O=C1CCCCCSCOC(=O)CCCCCSCOC(=O)CCCCCSCO1. The summed E-state index contributed by atoms with van der Waals surface area (Å²) in [5.41, 5.74) is 0. The average molecular weight is 481 g/mol. The van der Waals surface area contributed by atoms with Crippen LogP contribution in [-0.2, 0) is 28.6 Å². The van der Waals surface area contributed by atoms with E-state index in [0.717, 1.165) is 75.0 Å². The van der Waals surface area contributed by atoms with Crippen LogP contribution in [0.25, 0.3) is 0 Å². The Hall–Kier alpha value is -0.540. The van der Waals surface area contributed by atoms with Crippen molar-refractivity contribution in [3.63, 3.8) is 0 Å². The third kappa shape index (κ3) is 18.2.